The van der Waals surface area contributed by atoms with Crippen LogP contribution in [0.3, 0.4) is 0 Å². The first-order valence-corrected chi connectivity index (χ1v) is 7.48. The minimum absolute atomic E-state index is 0.113. The van der Waals surface area contributed by atoms with Gasteiger partial charge in [0, 0.05) is 11.5 Å². The van der Waals surface area contributed by atoms with E-state index < -0.39 is 15.4 Å². The number of rotatable bonds is 6. The van der Waals surface area contributed by atoms with E-state index in [0.29, 0.717) is 5.75 Å². The highest BCUT2D eigenvalue weighted by molar-refractivity contribution is 7.89. The van der Waals surface area contributed by atoms with Crippen LogP contribution in [-0.2, 0) is 10.0 Å². The van der Waals surface area contributed by atoms with Gasteiger partial charge in [0.25, 0.3) is 0 Å². The molecule has 7 heteroatoms. The summed E-state index contributed by atoms with van der Waals surface area (Å²) in [6.07, 6.45) is 3.41. The van der Waals surface area contributed by atoms with Crippen molar-refractivity contribution in [3.8, 4) is 5.75 Å². The number of hydrogen-bond donors (Lipinski definition) is 1. The molecule has 0 aliphatic rings. The molecule has 0 fully saturated rings. The predicted molar refractivity (Wildman–Crippen MR) is 69.9 cm³/mol. The molecule has 0 radical (unpaired) electrons. The summed E-state index contributed by atoms with van der Waals surface area (Å²) in [7, 11) is -3.50. The molecule has 2 N–H and O–H groups in total. The van der Waals surface area contributed by atoms with Gasteiger partial charge in [0.2, 0.25) is 10.0 Å². The fourth-order valence-electron chi connectivity index (χ4n) is 1.54. The first-order chi connectivity index (χ1) is 8.09. The number of nitrogens with two attached hydrogens (primary N) is 1. The third-order valence-corrected chi connectivity index (χ3v) is 3.51. The summed E-state index contributed by atoms with van der Waals surface area (Å²) in [6, 6.07) is 0.264. The zero-order valence-corrected chi connectivity index (χ0v) is 12.1. The molecule has 1 aromatic heterocycles. The Morgan fingerprint density at radius 3 is 2.56 bits per heavy atom. The van der Waals surface area contributed by atoms with Gasteiger partial charge in [0.15, 0.2) is 5.75 Å². The number of primary sulfonamides is 1. The molecule has 104 valence electrons. The lowest BCUT2D eigenvalue weighted by Crippen LogP contribution is -2.33. The van der Waals surface area contributed by atoms with E-state index in [1.807, 2.05) is 13.8 Å². The first kappa shape index (κ1) is 15.0. The molecule has 0 bridgehead atoms. The molecule has 1 heterocycles. The first-order valence-electron chi connectivity index (χ1n) is 5.76. The van der Waals surface area contributed by atoms with Gasteiger partial charge in [0.05, 0.1) is 24.8 Å². The maximum Gasteiger partial charge on any atom is 0.209 e. The van der Waals surface area contributed by atoms with E-state index in [9.17, 15) is 8.42 Å². The van der Waals surface area contributed by atoms with Crippen molar-refractivity contribution in [2.24, 2.45) is 10.6 Å². The lowest BCUT2D eigenvalue weighted by atomic mass is 9.98. The van der Waals surface area contributed by atoms with Crippen molar-refractivity contribution in [1.29, 1.82) is 0 Å². The second-order valence-corrected chi connectivity index (χ2v) is 7.12. The van der Waals surface area contributed by atoms with Gasteiger partial charge in [-0.15, -0.1) is 0 Å². The summed E-state index contributed by atoms with van der Waals surface area (Å²) in [4.78, 5) is 0. The number of aromatic nitrogens is 2. The Morgan fingerprint density at radius 2 is 2.11 bits per heavy atom. The third kappa shape index (κ3) is 5.05. The Balaban J connectivity index is 2.58. The van der Waals surface area contributed by atoms with Crippen molar-refractivity contribution in [3.05, 3.63) is 12.4 Å². The molecule has 0 aliphatic carbocycles. The topological polar surface area (TPSA) is 87.2 Å². The van der Waals surface area contributed by atoms with Crippen molar-refractivity contribution in [3.63, 3.8) is 0 Å². The van der Waals surface area contributed by atoms with Crippen LogP contribution in [0.25, 0.3) is 0 Å². The molecule has 1 rings (SSSR count). The summed E-state index contributed by atoms with van der Waals surface area (Å²) < 4.78 is 29.4. The Kier molecular flexibility index (Phi) is 4.39. The van der Waals surface area contributed by atoms with Gasteiger partial charge >= 0.3 is 0 Å². The molecule has 0 atom stereocenters. The average molecular weight is 275 g/mol. The van der Waals surface area contributed by atoms with E-state index in [4.69, 9.17) is 9.88 Å². The minimum atomic E-state index is -3.50. The molecule has 0 spiro atoms. The number of sulfonamides is 1. The Hall–Kier alpha value is -1.08. The molecule has 0 unspecified atom stereocenters. The van der Waals surface area contributed by atoms with Crippen LogP contribution in [0.4, 0.5) is 0 Å². The molecule has 0 aromatic carbocycles. The van der Waals surface area contributed by atoms with Crippen LogP contribution in [0, 0.1) is 5.41 Å². The van der Waals surface area contributed by atoms with Crippen molar-refractivity contribution in [2.45, 2.75) is 33.7 Å². The molecule has 0 saturated heterocycles. The highest BCUT2D eigenvalue weighted by Gasteiger charge is 2.25. The van der Waals surface area contributed by atoms with Crippen LogP contribution < -0.4 is 9.88 Å². The predicted octanol–water partition coefficient (Wildman–Crippen LogP) is 1.16. The van der Waals surface area contributed by atoms with Gasteiger partial charge in [-0.2, -0.15) is 5.10 Å². The second-order valence-electron chi connectivity index (χ2n) is 5.51. The van der Waals surface area contributed by atoms with Crippen molar-refractivity contribution in [1.82, 2.24) is 9.78 Å². The van der Waals surface area contributed by atoms with Gasteiger partial charge in [-0.05, 0) is 13.8 Å². The van der Waals surface area contributed by atoms with Crippen LogP contribution in [0.5, 0.6) is 5.75 Å². The van der Waals surface area contributed by atoms with E-state index in [0.717, 1.165) is 0 Å². The van der Waals surface area contributed by atoms with Gasteiger partial charge < -0.3 is 4.74 Å². The number of hydrogen-bond acceptors (Lipinski definition) is 4. The largest absolute Gasteiger partial charge is 0.490 e. The summed E-state index contributed by atoms with van der Waals surface area (Å²) in [5.74, 6) is 0.518. The van der Waals surface area contributed by atoms with Crippen molar-refractivity contribution in [2.75, 3.05) is 12.4 Å². The normalized spacial score (nSPS) is 13.0. The molecule has 0 amide bonds. The quantitative estimate of drug-likeness (QED) is 0.843. The SMILES string of the molecule is CC(C)n1cc(OCC(C)(C)CS(N)(=O)=O)cn1. The third-order valence-electron chi connectivity index (χ3n) is 2.33. The average Bonchev–Trinajstić information content (AvgIpc) is 2.59. The van der Waals surface area contributed by atoms with Crippen molar-refractivity contribution >= 4 is 10.0 Å². The van der Waals surface area contributed by atoms with Crippen LogP contribution in [0.1, 0.15) is 33.7 Å². The maximum atomic E-state index is 11.1. The van der Waals surface area contributed by atoms with E-state index in [2.05, 4.69) is 5.10 Å². The summed E-state index contributed by atoms with van der Waals surface area (Å²) in [5.41, 5.74) is -0.534. The summed E-state index contributed by atoms with van der Waals surface area (Å²) in [5, 5.41) is 9.17. The van der Waals surface area contributed by atoms with Crippen LogP contribution in [0.2, 0.25) is 0 Å². The molecular formula is C11H21N3O3S. The fraction of sp³-hybridized carbons (Fsp3) is 0.727. The lowest BCUT2D eigenvalue weighted by molar-refractivity contribution is 0.199. The molecular weight excluding hydrogens is 254 g/mol. The Morgan fingerprint density at radius 1 is 1.50 bits per heavy atom. The van der Waals surface area contributed by atoms with Crippen molar-refractivity contribution < 1.29 is 13.2 Å². The molecule has 6 nitrogen and oxygen atoms in total. The smallest absolute Gasteiger partial charge is 0.209 e. The maximum absolute atomic E-state index is 11.1. The number of ether oxygens (including phenoxy) is 1. The van der Waals surface area contributed by atoms with E-state index in [1.165, 1.54) is 0 Å². The van der Waals surface area contributed by atoms with Crippen LogP contribution in [0.15, 0.2) is 12.4 Å². The standard InChI is InChI=1S/C11H21N3O3S/c1-9(2)14-6-10(5-13-14)17-7-11(3,4)8-18(12,15)16/h5-6,9H,7-8H2,1-4H3,(H2,12,15,16). The Bertz CT molecular complexity index is 491. The zero-order chi connectivity index (χ0) is 14.0. The summed E-state index contributed by atoms with van der Waals surface area (Å²) in [6.45, 7) is 7.89. The zero-order valence-electron chi connectivity index (χ0n) is 11.3. The fourth-order valence-corrected chi connectivity index (χ4v) is 2.72. The summed E-state index contributed by atoms with van der Waals surface area (Å²) >= 11 is 0. The molecule has 0 aliphatic heterocycles. The highest BCUT2D eigenvalue weighted by Crippen LogP contribution is 2.20. The van der Waals surface area contributed by atoms with E-state index in [1.54, 1.807) is 30.9 Å². The van der Waals surface area contributed by atoms with Gasteiger partial charge in [-0.3, -0.25) is 4.68 Å². The minimum Gasteiger partial charge on any atom is -0.490 e. The Labute approximate surface area is 108 Å². The van der Waals surface area contributed by atoms with E-state index in [-0.39, 0.29) is 18.4 Å². The van der Waals surface area contributed by atoms with Gasteiger partial charge in [-0.25, -0.2) is 13.6 Å². The van der Waals surface area contributed by atoms with Gasteiger partial charge in [-0.1, -0.05) is 13.8 Å². The molecule has 0 saturated carbocycles. The van der Waals surface area contributed by atoms with Crippen LogP contribution >= 0.6 is 0 Å². The van der Waals surface area contributed by atoms with Gasteiger partial charge in [0.1, 0.15) is 0 Å². The van der Waals surface area contributed by atoms with Crippen LogP contribution in [-0.4, -0.2) is 30.6 Å². The number of nitrogens with zero attached hydrogens (tertiary/aromatic N) is 2. The molecule has 1 aromatic rings. The highest BCUT2D eigenvalue weighted by atomic mass is 32.2. The van der Waals surface area contributed by atoms with E-state index >= 15 is 0 Å². The molecule has 18 heavy (non-hydrogen) atoms. The second kappa shape index (κ2) is 5.27. The monoisotopic (exact) mass is 275 g/mol. The lowest BCUT2D eigenvalue weighted by Gasteiger charge is -2.22.